The molecule has 0 aliphatic carbocycles. The molecule has 0 saturated carbocycles. The second-order valence-electron chi connectivity index (χ2n) is 5.99. The van der Waals surface area contributed by atoms with Crippen LogP contribution in [0.4, 0.5) is 0 Å². The zero-order valence-electron chi connectivity index (χ0n) is 11.8. The van der Waals surface area contributed by atoms with E-state index in [1.165, 1.54) is 0 Å². The van der Waals surface area contributed by atoms with Crippen LogP contribution in [-0.2, 0) is 19.1 Å². The summed E-state index contributed by atoms with van der Waals surface area (Å²) in [6.45, 7) is 10.5. The van der Waals surface area contributed by atoms with Crippen molar-refractivity contribution in [1.82, 2.24) is 4.84 Å². The van der Waals surface area contributed by atoms with Crippen LogP contribution in [0.25, 0.3) is 0 Å². The molecule has 0 aromatic heterocycles. The third-order valence-electron chi connectivity index (χ3n) is 1.61. The van der Waals surface area contributed by atoms with Crippen LogP contribution in [0.2, 0.25) is 0 Å². The van der Waals surface area contributed by atoms with Gasteiger partial charge in [0.05, 0.1) is 6.42 Å². The molecule has 0 aliphatic heterocycles. The first-order chi connectivity index (χ1) is 7.94. The Kier molecular flexibility index (Phi) is 6.10. The Morgan fingerprint density at radius 1 is 1.06 bits per heavy atom. The summed E-state index contributed by atoms with van der Waals surface area (Å²) in [5.74, 6) is -1.09. The highest BCUT2D eigenvalue weighted by Crippen LogP contribution is 2.13. The van der Waals surface area contributed by atoms with Crippen molar-refractivity contribution in [3.05, 3.63) is 0 Å². The smallest absolute Gasteiger partial charge is 0.325 e. The van der Waals surface area contributed by atoms with E-state index in [-0.39, 0.29) is 6.42 Å². The molecule has 0 aromatic carbocycles. The van der Waals surface area contributed by atoms with Crippen LogP contribution in [-0.4, -0.2) is 29.2 Å². The highest BCUT2D eigenvalue weighted by molar-refractivity contribution is 6.15. The quantitative estimate of drug-likeness (QED) is 0.631. The predicted molar refractivity (Wildman–Crippen MR) is 69.1 cm³/mol. The van der Waals surface area contributed by atoms with Gasteiger partial charge in [-0.15, -0.1) is 0 Å². The Morgan fingerprint density at radius 2 is 1.50 bits per heavy atom. The molecule has 1 N–H and O–H groups in total. The molecular formula is C12H22ClNO4. The summed E-state index contributed by atoms with van der Waals surface area (Å²) in [7, 11) is 0. The summed E-state index contributed by atoms with van der Waals surface area (Å²) < 4.78 is 10.2. The first-order valence-electron chi connectivity index (χ1n) is 5.75. The van der Waals surface area contributed by atoms with Crippen molar-refractivity contribution in [3.8, 4) is 0 Å². The van der Waals surface area contributed by atoms with Crippen molar-refractivity contribution in [2.45, 2.75) is 65.2 Å². The third kappa shape index (κ3) is 8.31. The highest BCUT2D eigenvalue weighted by Gasteiger charge is 2.28. The van der Waals surface area contributed by atoms with E-state index in [1.807, 2.05) is 0 Å². The van der Waals surface area contributed by atoms with Gasteiger partial charge in [0.1, 0.15) is 17.2 Å². The standard InChI is InChI=1S/C12H22ClNO4/c1-11(2,3)17-9(15)7-8(14-13)10(16)18-12(4,5)6/h8,14H,7H2,1-6H3. The van der Waals surface area contributed by atoms with E-state index in [0.717, 1.165) is 0 Å². The third-order valence-corrected chi connectivity index (χ3v) is 1.88. The van der Waals surface area contributed by atoms with E-state index in [0.29, 0.717) is 0 Å². The molecule has 18 heavy (non-hydrogen) atoms. The Morgan fingerprint density at radius 3 is 1.83 bits per heavy atom. The topological polar surface area (TPSA) is 64.6 Å². The molecule has 0 aliphatic rings. The van der Waals surface area contributed by atoms with Crippen LogP contribution in [0.1, 0.15) is 48.0 Å². The summed E-state index contributed by atoms with van der Waals surface area (Å²) >= 11 is 5.45. The summed E-state index contributed by atoms with van der Waals surface area (Å²) in [4.78, 5) is 25.5. The zero-order chi connectivity index (χ0) is 14.6. The molecule has 0 bridgehead atoms. The van der Waals surface area contributed by atoms with Gasteiger partial charge < -0.3 is 9.47 Å². The maximum absolute atomic E-state index is 11.7. The Labute approximate surface area is 113 Å². The lowest BCUT2D eigenvalue weighted by atomic mass is 10.1. The minimum atomic E-state index is -0.916. The van der Waals surface area contributed by atoms with Gasteiger partial charge in [0, 0.05) is 0 Å². The average molecular weight is 280 g/mol. The Hall–Kier alpha value is -0.810. The van der Waals surface area contributed by atoms with Crippen molar-refractivity contribution in [2.24, 2.45) is 0 Å². The Balaban J connectivity index is 4.44. The molecule has 0 rings (SSSR count). The summed E-state index contributed by atoms with van der Waals surface area (Å²) in [6, 6.07) is -0.916. The molecule has 5 nitrogen and oxygen atoms in total. The van der Waals surface area contributed by atoms with Crippen LogP contribution in [0.3, 0.4) is 0 Å². The number of rotatable bonds is 4. The number of carbonyl (C=O) groups is 2. The molecule has 0 amide bonds. The average Bonchev–Trinajstić information content (AvgIpc) is 2.07. The molecule has 0 saturated heterocycles. The van der Waals surface area contributed by atoms with E-state index in [4.69, 9.17) is 21.3 Å². The molecule has 0 heterocycles. The maximum atomic E-state index is 11.7. The van der Waals surface area contributed by atoms with Gasteiger partial charge >= 0.3 is 11.9 Å². The number of hydrogen-bond acceptors (Lipinski definition) is 5. The SMILES string of the molecule is CC(C)(C)OC(=O)CC(NCl)C(=O)OC(C)(C)C. The van der Waals surface area contributed by atoms with Gasteiger partial charge in [0.15, 0.2) is 0 Å². The summed E-state index contributed by atoms with van der Waals surface area (Å²) in [5, 5.41) is 0. The molecule has 1 atom stereocenters. The fraction of sp³-hybridized carbons (Fsp3) is 0.833. The van der Waals surface area contributed by atoms with Gasteiger partial charge in [-0.1, -0.05) is 0 Å². The molecule has 0 spiro atoms. The van der Waals surface area contributed by atoms with Gasteiger partial charge in [-0.2, -0.15) is 0 Å². The lowest BCUT2D eigenvalue weighted by Crippen LogP contribution is -2.40. The predicted octanol–water partition coefficient (Wildman–Crippen LogP) is 2.17. The number of ether oxygens (including phenoxy) is 2. The van der Waals surface area contributed by atoms with Crippen LogP contribution >= 0.6 is 11.8 Å². The van der Waals surface area contributed by atoms with E-state index >= 15 is 0 Å². The summed E-state index contributed by atoms with van der Waals surface area (Å²) in [6.07, 6.45) is -0.171. The van der Waals surface area contributed by atoms with Gasteiger partial charge in [-0.05, 0) is 53.3 Å². The molecule has 0 radical (unpaired) electrons. The van der Waals surface area contributed by atoms with E-state index in [9.17, 15) is 9.59 Å². The fourth-order valence-corrected chi connectivity index (χ4v) is 1.26. The zero-order valence-corrected chi connectivity index (χ0v) is 12.6. The number of hydrogen-bond donors (Lipinski definition) is 1. The molecule has 0 fully saturated rings. The minimum absolute atomic E-state index is 0.171. The largest absolute Gasteiger partial charge is 0.460 e. The number of esters is 2. The molecule has 0 aromatic rings. The second-order valence-corrected chi connectivity index (χ2v) is 6.20. The Bertz CT molecular complexity index is 304. The van der Waals surface area contributed by atoms with Crippen molar-refractivity contribution >= 4 is 23.7 Å². The number of halogens is 1. The lowest BCUT2D eigenvalue weighted by Gasteiger charge is -2.24. The van der Waals surface area contributed by atoms with E-state index < -0.39 is 29.2 Å². The van der Waals surface area contributed by atoms with Crippen molar-refractivity contribution in [3.63, 3.8) is 0 Å². The lowest BCUT2D eigenvalue weighted by molar-refractivity contribution is -0.164. The monoisotopic (exact) mass is 279 g/mol. The molecule has 1 unspecified atom stereocenters. The molecule has 106 valence electrons. The molecular weight excluding hydrogens is 258 g/mol. The second kappa shape index (κ2) is 6.38. The van der Waals surface area contributed by atoms with Crippen molar-refractivity contribution < 1.29 is 19.1 Å². The first-order valence-corrected chi connectivity index (χ1v) is 6.13. The van der Waals surface area contributed by atoms with E-state index in [2.05, 4.69) is 4.84 Å². The number of nitrogens with one attached hydrogen (secondary N) is 1. The minimum Gasteiger partial charge on any atom is -0.460 e. The van der Waals surface area contributed by atoms with Crippen LogP contribution in [0.5, 0.6) is 0 Å². The highest BCUT2D eigenvalue weighted by atomic mass is 35.5. The van der Waals surface area contributed by atoms with Crippen molar-refractivity contribution in [2.75, 3.05) is 0 Å². The van der Waals surface area contributed by atoms with E-state index in [1.54, 1.807) is 41.5 Å². The summed E-state index contributed by atoms with van der Waals surface area (Å²) in [5.41, 5.74) is -1.22. The van der Waals surface area contributed by atoms with Gasteiger partial charge in [-0.25, -0.2) is 4.84 Å². The maximum Gasteiger partial charge on any atom is 0.325 e. The van der Waals surface area contributed by atoms with Gasteiger partial charge in [0.2, 0.25) is 0 Å². The van der Waals surface area contributed by atoms with Gasteiger partial charge in [-0.3, -0.25) is 9.59 Å². The van der Waals surface area contributed by atoms with Crippen LogP contribution in [0, 0.1) is 0 Å². The fourth-order valence-electron chi connectivity index (χ4n) is 1.09. The van der Waals surface area contributed by atoms with Crippen LogP contribution < -0.4 is 4.84 Å². The first kappa shape index (κ1) is 17.2. The number of carbonyl (C=O) groups excluding carboxylic acids is 2. The molecule has 6 heteroatoms. The van der Waals surface area contributed by atoms with Crippen LogP contribution in [0.15, 0.2) is 0 Å². The normalized spacial score (nSPS) is 13.9. The van der Waals surface area contributed by atoms with Gasteiger partial charge in [0.25, 0.3) is 0 Å². The van der Waals surface area contributed by atoms with Crippen molar-refractivity contribution in [1.29, 1.82) is 0 Å².